The first-order valence-corrected chi connectivity index (χ1v) is 5.80. The lowest BCUT2D eigenvalue weighted by molar-refractivity contribution is -0.727. The zero-order chi connectivity index (χ0) is 13.7. The standard InChI is InChI=1S/C11H13ClN2O4/c1-3-7-5-8(11(15)18-14(16)17)9(12)6-10(7)13-4-2/h5-6,13H,3-4H2,1-2H3. The lowest BCUT2D eigenvalue weighted by Gasteiger charge is -2.12. The fourth-order valence-corrected chi connectivity index (χ4v) is 1.78. The molecular weight excluding hydrogens is 260 g/mol. The molecule has 0 saturated heterocycles. The first kappa shape index (κ1) is 14.2. The van der Waals surface area contributed by atoms with Gasteiger partial charge in [0, 0.05) is 12.2 Å². The first-order chi connectivity index (χ1) is 8.49. The van der Waals surface area contributed by atoms with Gasteiger partial charge in [-0.2, -0.15) is 0 Å². The molecule has 1 N–H and O–H groups in total. The van der Waals surface area contributed by atoms with Crippen molar-refractivity contribution in [1.82, 2.24) is 0 Å². The average molecular weight is 273 g/mol. The number of hydrogen-bond acceptors (Lipinski definition) is 5. The summed E-state index contributed by atoms with van der Waals surface area (Å²) >= 11 is 5.91. The van der Waals surface area contributed by atoms with Gasteiger partial charge in [-0.1, -0.05) is 18.5 Å². The summed E-state index contributed by atoms with van der Waals surface area (Å²) in [6.45, 7) is 4.55. The molecule has 0 aliphatic carbocycles. The number of aryl methyl sites for hydroxylation is 1. The second kappa shape index (κ2) is 6.20. The van der Waals surface area contributed by atoms with Crippen molar-refractivity contribution >= 4 is 23.3 Å². The van der Waals surface area contributed by atoms with E-state index in [1.807, 2.05) is 13.8 Å². The Balaban J connectivity index is 3.14. The molecule has 1 rings (SSSR count). The van der Waals surface area contributed by atoms with E-state index in [9.17, 15) is 14.9 Å². The Morgan fingerprint density at radius 1 is 1.50 bits per heavy atom. The van der Waals surface area contributed by atoms with Crippen LogP contribution in [-0.4, -0.2) is 17.6 Å². The van der Waals surface area contributed by atoms with Gasteiger partial charge >= 0.3 is 11.1 Å². The molecule has 1 aromatic rings. The van der Waals surface area contributed by atoms with Crippen LogP contribution in [0.1, 0.15) is 29.8 Å². The highest BCUT2D eigenvalue weighted by Crippen LogP contribution is 2.26. The molecular formula is C11H13ClN2O4. The van der Waals surface area contributed by atoms with Crippen LogP contribution in [0, 0.1) is 10.1 Å². The molecule has 98 valence electrons. The van der Waals surface area contributed by atoms with Gasteiger partial charge in [-0.25, -0.2) is 4.84 Å². The molecule has 0 aromatic heterocycles. The van der Waals surface area contributed by atoms with Crippen LogP contribution in [0.2, 0.25) is 5.02 Å². The van der Waals surface area contributed by atoms with Crippen LogP contribution in [0.4, 0.5) is 5.69 Å². The van der Waals surface area contributed by atoms with Crippen molar-refractivity contribution in [3.63, 3.8) is 0 Å². The molecule has 0 aliphatic heterocycles. The molecule has 0 saturated carbocycles. The third-order valence-corrected chi connectivity index (χ3v) is 2.63. The van der Waals surface area contributed by atoms with Gasteiger partial charge in [0.05, 0.1) is 10.6 Å². The second-order valence-corrected chi connectivity index (χ2v) is 3.88. The SMILES string of the molecule is CCNc1cc(Cl)c(C(=O)O[N+](=O)[O-])cc1CC. The van der Waals surface area contributed by atoms with Crippen LogP contribution < -0.4 is 5.32 Å². The number of carbonyl (C=O) groups is 1. The third-order valence-electron chi connectivity index (χ3n) is 2.32. The van der Waals surface area contributed by atoms with E-state index >= 15 is 0 Å². The summed E-state index contributed by atoms with van der Waals surface area (Å²) in [5.74, 6) is -1.07. The van der Waals surface area contributed by atoms with Gasteiger partial charge in [0.1, 0.15) is 0 Å². The zero-order valence-corrected chi connectivity index (χ0v) is 10.8. The van der Waals surface area contributed by atoms with Crippen molar-refractivity contribution in [3.05, 3.63) is 38.4 Å². The number of rotatable bonds is 5. The number of benzene rings is 1. The minimum absolute atomic E-state index is 0.00753. The number of hydrogen-bond donors (Lipinski definition) is 1. The summed E-state index contributed by atoms with van der Waals surface area (Å²) in [6, 6.07) is 3.08. The maximum absolute atomic E-state index is 11.4. The van der Waals surface area contributed by atoms with E-state index in [-0.39, 0.29) is 10.6 Å². The summed E-state index contributed by atoms with van der Waals surface area (Å²) in [4.78, 5) is 25.5. The molecule has 18 heavy (non-hydrogen) atoms. The van der Waals surface area contributed by atoms with Crippen molar-refractivity contribution in [2.75, 3.05) is 11.9 Å². The second-order valence-electron chi connectivity index (χ2n) is 3.48. The van der Waals surface area contributed by atoms with Gasteiger partial charge in [-0.05, 0) is 31.0 Å². The lowest BCUT2D eigenvalue weighted by Crippen LogP contribution is -2.12. The van der Waals surface area contributed by atoms with E-state index in [1.54, 1.807) is 6.07 Å². The summed E-state index contributed by atoms with van der Waals surface area (Å²) in [6.07, 6.45) is 0.665. The highest BCUT2D eigenvalue weighted by Gasteiger charge is 2.17. The summed E-state index contributed by atoms with van der Waals surface area (Å²) in [5, 5.41) is 12.2. The Kier molecular flexibility index (Phi) is 4.91. The number of nitrogens with zero attached hydrogens (tertiary/aromatic N) is 1. The zero-order valence-electron chi connectivity index (χ0n) is 10.0. The average Bonchev–Trinajstić information content (AvgIpc) is 2.28. The maximum atomic E-state index is 11.4. The molecule has 0 radical (unpaired) electrons. The minimum atomic E-state index is -1.15. The van der Waals surface area contributed by atoms with Crippen molar-refractivity contribution in [2.45, 2.75) is 20.3 Å². The largest absolute Gasteiger partial charge is 0.385 e. The Morgan fingerprint density at radius 3 is 2.67 bits per heavy atom. The molecule has 7 heteroatoms. The molecule has 0 unspecified atom stereocenters. The topological polar surface area (TPSA) is 81.5 Å². The quantitative estimate of drug-likeness (QED) is 0.658. The van der Waals surface area contributed by atoms with Gasteiger partial charge in [0.2, 0.25) is 0 Å². The Hall–Kier alpha value is -1.82. The fourth-order valence-electron chi connectivity index (χ4n) is 1.54. The molecule has 0 heterocycles. The molecule has 0 aliphatic rings. The summed E-state index contributed by atoms with van der Waals surface area (Å²) < 4.78 is 0. The van der Waals surface area contributed by atoms with Gasteiger partial charge in [0.25, 0.3) is 0 Å². The number of halogens is 1. The Morgan fingerprint density at radius 2 is 2.17 bits per heavy atom. The van der Waals surface area contributed by atoms with Crippen LogP contribution in [0.3, 0.4) is 0 Å². The number of carbonyl (C=O) groups excluding carboxylic acids is 1. The van der Waals surface area contributed by atoms with Crippen molar-refractivity contribution < 1.29 is 14.7 Å². The van der Waals surface area contributed by atoms with E-state index in [0.29, 0.717) is 13.0 Å². The normalized spacial score (nSPS) is 9.94. The van der Waals surface area contributed by atoms with Gasteiger partial charge in [-0.3, -0.25) is 4.79 Å². The molecule has 6 nitrogen and oxygen atoms in total. The molecule has 0 atom stereocenters. The number of nitrogens with one attached hydrogen (secondary N) is 1. The van der Waals surface area contributed by atoms with Crippen molar-refractivity contribution in [2.24, 2.45) is 0 Å². The molecule has 0 fully saturated rings. The summed E-state index contributed by atoms with van der Waals surface area (Å²) in [7, 11) is 0. The van der Waals surface area contributed by atoms with E-state index < -0.39 is 11.1 Å². The van der Waals surface area contributed by atoms with E-state index in [1.165, 1.54) is 6.07 Å². The third kappa shape index (κ3) is 3.33. The van der Waals surface area contributed by atoms with Crippen LogP contribution in [0.25, 0.3) is 0 Å². The first-order valence-electron chi connectivity index (χ1n) is 5.42. The van der Waals surface area contributed by atoms with Crippen molar-refractivity contribution in [1.29, 1.82) is 0 Å². The molecule has 1 aromatic carbocycles. The maximum Gasteiger partial charge on any atom is 0.335 e. The molecule has 0 bridgehead atoms. The smallest absolute Gasteiger partial charge is 0.335 e. The van der Waals surface area contributed by atoms with Gasteiger partial charge in [0.15, 0.2) is 0 Å². The fraction of sp³-hybridized carbons (Fsp3) is 0.364. The Bertz CT molecular complexity index is 476. The highest BCUT2D eigenvalue weighted by atomic mass is 35.5. The monoisotopic (exact) mass is 272 g/mol. The van der Waals surface area contributed by atoms with Crippen LogP contribution in [-0.2, 0) is 11.3 Å². The van der Waals surface area contributed by atoms with Crippen LogP contribution >= 0.6 is 11.6 Å². The highest BCUT2D eigenvalue weighted by molar-refractivity contribution is 6.33. The van der Waals surface area contributed by atoms with Crippen LogP contribution in [0.15, 0.2) is 12.1 Å². The lowest BCUT2D eigenvalue weighted by atomic mass is 10.1. The molecule has 0 spiro atoms. The van der Waals surface area contributed by atoms with E-state index in [4.69, 9.17) is 11.6 Å². The van der Waals surface area contributed by atoms with Gasteiger partial charge in [-0.15, -0.1) is 10.1 Å². The van der Waals surface area contributed by atoms with Crippen LogP contribution in [0.5, 0.6) is 0 Å². The molecule has 0 amide bonds. The van der Waals surface area contributed by atoms with E-state index in [2.05, 4.69) is 10.2 Å². The minimum Gasteiger partial charge on any atom is -0.385 e. The Labute approximate surface area is 109 Å². The van der Waals surface area contributed by atoms with E-state index in [0.717, 1.165) is 11.3 Å². The summed E-state index contributed by atoms with van der Waals surface area (Å²) in [5.41, 5.74) is 1.64. The number of anilines is 1. The van der Waals surface area contributed by atoms with Gasteiger partial charge < -0.3 is 5.32 Å². The predicted octanol–water partition coefficient (Wildman–Crippen LogP) is 2.68. The van der Waals surface area contributed by atoms with Crippen molar-refractivity contribution in [3.8, 4) is 0 Å². The predicted molar refractivity (Wildman–Crippen MR) is 67.4 cm³/mol.